The van der Waals surface area contributed by atoms with Crippen molar-refractivity contribution in [1.82, 2.24) is 9.62 Å². The van der Waals surface area contributed by atoms with E-state index in [2.05, 4.69) is 12.2 Å². The maximum atomic E-state index is 12.7. The van der Waals surface area contributed by atoms with Crippen LogP contribution in [0.25, 0.3) is 0 Å². The van der Waals surface area contributed by atoms with Crippen LogP contribution >= 0.6 is 11.3 Å². The number of aryl methyl sites for hydroxylation is 1. The van der Waals surface area contributed by atoms with Gasteiger partial charge in [0.15, 0.2) is 0 Å². The zero-order valence-corrected chi connectivity index (χ0v) is 14.1. The molecule has 0 amide bonds. The van der Waals surface area contributed by atoms with E-state index in [-0.39, 0.29) is 0 Å². The van der Waals surface area contributed by atoms with Crippen molar-refractivity contribution in [2.45, 2.75) is 43.4 Å². The molecule has 6 heteroatoms. The van der Waals surface area contributed by atoms with Crippen molar-refractivity contribution < 1.29 is 8.42 Å². The molecule has 2 unspecified atom stereocenters. The largest absolute Gasteiger partial charge is 0.317 e. The van der Waals surface area contributed by atoms with Crippen molar-refractivity contribution in [3.05, 3.63) is 17.0 Å². The normalized spacial score (nSPS) is 24.9. The van der Waals surface area contributed by atoms with E-state index in [1.54, 1.807) is 10.4 Å². The molecule has 114 valence electrons. The number of thiophene rings is 1. The third-order valence-electron chi connectivity index (χ3n) is 4.17. The predicted molar refractivity (Wildman–Crippen MR) is 83.7 cm³/mol. The molecule has 0 aliphatic carbocycles. The van der Waals surface area contributed by atoms with Crippen LogP contribution in [0.2, 0.25) is 0 Å². The van der Waals surface area contributed by atoms with Crippen molar-refractivity contribution >= 4 is 21.4 Å². The summed E-state index contributed by atoms with van der Waals surface area (Å²) in [4.78, 5) is 1.13. The Balaban J connectivity index is 2.18. The molecular formula is C14H24N2O2S2. The van der Waals surface area contributed by atoms with Crippen molar-refractivity contribution in [1.29, 1.82) is 0 Å². The van der Waals surface area contributed by atoms with Crippen molar-refractivity contribution in [3.8, 4) is 0 Å². The molecule has 1 aliphatic heterocycles. The second-order valence-electron chi connectivity index (χ2n) is 5.29. The minimum Gasteiger partial charge on any atom is -0.317 e. The van der Waals surface area contributed by atoms with Crippen LogP contribution in [0.3, 0.4) is 0 Å². The number of nitrogens with one attached hydrogen (secondary N) is 1. The van der Waals surface area contributed by atoms with E-state index in [0.29, 0.717) is 29.3 Å². The second kappa shape index (κ2) is 6.56. The second-order valence-corrected chi connectivity index (χ2v) is 8.62. The molecule has 2 heterocycles. The van der Waals surface area contributed by atoms with Gasteiger partial charge in [-0.05, 0) is 37.9 Å². The Morgan fingerprint density at radius 2 is 2.15 bits per heavy atom. The van der Waals surface area contributed by atoms with E-state index >= 15 is 0 Å². The van der Waals surface area contributed by atoms with E-state index in [1.807, 2.05) is 20.0 Å². The quantitative estimate of drug-likeness (QED) is 0.907. The molecule has 0 spiro atoms. The minimum atomic E-state index is -3.30. The fourth-order valence-electron chi connectivity index (χ4n) is 2.82. The molecule has 1 fully saturated rings. The fourth-order valence-corrected chi connectivity index (χ4v) is 5.79. The molecular weight excluding hydrogens is 292 g/mol. The first-order chi connectivity index (χ1) is 9.52. The highest BCUT2D eigenvalue weighted by Gasteiger charge is 2.34. The van der Waals surface area contributed by atoms with Gasteiger partial charge >= 0.3 is 0 Å². The van der Waals surface area contributed by atoms with Crippen molar-refractivity contribution in [2.75, 3.05) is 20.1 Å². The summed E-state index contributed by atoms with van der Waals surface area (Å²) < 4.78 is 27.5. The Bertz CT molecular complexity index is 539. The lowest BCUT2D eigenvalue weighted by molar-refractivity contribution is 0.209. The zero-order chi connectivity index (χ0) is 14.8. The van der Waals surface area contributed by atoms with Crippen molar-refractivity contribution in [3.63, 3.8) is 0 Å². The van der Waals surface area contributed by atoms with Gasteiger partial charge in [-0.3, -0.25) is 0 Å². The maximum absolute atomic E-state index is 12.7. The number of sulfonamides is 1. The highest BCUT2D eigenvalue weighted by atomic mass is 32.2. The first kappa shape index (κ1) is 15.9. The monoisotopic (exact) mass is 316 g/mol. The van der Waals surface area contributed by atoms with Crippen LogP contribution in [0, 0.1) is 5.92 Å². The minimum absolute atomic E-state index is 0.397. The van der Waals surface area contributed by atoms with E-state index in [9.17, 15) is 8.42 Å². The Kier molecular flexibility index (Phi) is 5.23. The molecule has 0 aromatic carbocycles. The maximum Gasteiger partial charge on any atom is 0.252 e. The fraction of sp³-hybridized carbons (Fsp3) is 0.714. The van der Waals surface area contributed by atoms with Crippen molar-refractivity contribution in [2.24, 2.45) is 5.92 Å². The van der Waals surface area contributed by atoms with Gasteiger partial charge in [-0.2, -0.15) is 4.31 Å². The Hall–Kier alpha value is -0.430. The van der Waals surface area contributed by atoms with Crippen LogP contribution in [0.4, 0.5) is 0 Å². The number of rotatable bonds is 5. The molecule has 20 heavy (non-hydrogen) atoms. The highest BCUT2D eigenvalue weighted by molar-refractivity contribution is 7.91. The van der Waals surface area contributed by atoms with Gasteiger partial charge in [-0.15, -0.1) is 11.3 Å². The van der Waals surface area contributed by atoms with Gasteiger partial charge in [-0.25, -0.2) is 8.42 Å². The van der Waals surface area contributed by atoms with Crippen LogP contribution in [0.1, 0.15) is 31.6 Å². The summed E-state index contributed by atoms with van der Waals surface area (Å²) in [7, 11) is -1.34. The van der Waals surface area contributed by atoms with E-state index in [0.717, 1.165) is 24.1 Å². The summed E-state index contributed by atoms with van der Waals surface area (Å²) >= 11 is 1.40. The Morgan fingerprint density at radius 1 is 1.40 bits per heavy atom. The van der Waals surface area contributed by atoms with Gasteiger partial charge in [0.1, 0.15) is 4.21 Å². The first-order valence-corrected chi connectivity index (χ1v) is 9.54. The molecule has 0 saturated carbocycles. The molecule has 0 bridgehead atoms. The lowest BCUT2D eigenvalue weighted by Gasteiger charge is -2.37. The van der Waals surface area contributed by atoms with Crippen LogP contribution in [-0.2, 0) is 16.4 Å². The number of hydrogen-bond donors (Lipinski definition) is 1. The lowest BCUT2D eigenvalue weighted by Crippen LogP contribution is -2.49. The molecule has 1 aliphatic rings. The van der Waals surface area contributed by atoms with Crippen LogP contribution in [-0.4, -0.2) is 38.9 Å². The molecule has 2 rings (SSSR count). The summed E-state index contributed by atoms with van der Waals surface area (Å²) in [5, 5.41) is 3.31. The third kappa shape index (κ3) is 3.08. The molecule has 1 aromatic rings. The van der Waals surface area contributed by atoms with Crippen LogP contribution in [0.5, 0.6) is 0 Å². The average Bonchev–Trinajstić information content (AvgIpc) is 2.96. The molecule has 0 radical (unpaired) electrons. The molecule has 4 nitrogen and oxygen atoms in total. The summed E-state index contributed by atoms with van der Waals surface area (Å²) in [6.45, 7) is 5.42. The third-order valence-corrected chi connectivity index (χ3v) is 7.73. The van der Waals surface area contributed by atoms with Gasteiger partial charge in [-0.1, -0.05) is 20.3 Å². The van der Waals surface area contributed by atoms with Gasteiger partial charge in [0, 0.05) is 24.0 Å². The Morgan fingerprint density at radius 3 is 2.70 bits per heavy atom. The predicted octanol–water partition coefficient (Wildman–Crippen LogP) is 2.32. The standard InChI is InChI=1S/C14H24N2O2S2/c1-4-11-10-16(9-8-13(11)15-3)20(17,18)14-7-6-12(5-2)19-14/h6-7,11,13,15H,4-5,8-10H2,1-3H3. The lowest BCUT2D eigenvalue weighted by atomic mass is 9.91. The summed E-state index contributed by atoms with van der Waals surface area (Å²) in [5.41, 5.74) is 0. The molecule has 1 N–H and O–H groups in total. The van der Waals surface area contributed by atoms with Gasteiger partial charge in [0.25, 0.3) is 10.0 Å². The number of hydrogen-bond acceptors (Lipinski definition) is 4. The topological polar surface area (TPSA) is 49.4 Å². The zero-order valence-electron chi connectivity index (χ0n) is 12.4. The molecule has 2 atom stereocenters. The van der Waals surface area contributed by atoms with Gasteiger partial charge < -0.3 is 5.32 Å². The van der Waals surface area contributed by atoms with Crippen LogP contribution < -0.4 is 5.32 Å². The first-order valence-electron chi connectivity index (χ1n) is 7.29. The van der Waals surface area contributed by atoms with E-state index in [4.69, 9.17) is 0 Å². The molecule has 1 saturated heterocycles. The summed E-state index contributed by atoms with van der Waals surface area (Å²) in [5.74, 6) is 0.397. The van der Waals surface area contributed by atoms with E-state index in [1.165, 1.54) is 11.3 Å². The number of nitrogens with zero attached hydrogens (tertiary/aromatic N) is 1. The van der Waals surface area contributed by atoms with Gasteiger partial charge in [0.2, 0.25) is 0 Å². The Labute approximate surface area is 126 Å². The van der Waals surface area contributed by atoms with Gasteiger partial charge in [0.05, 0.1) is 0 Å². The smallest absolute Gasteiger partial charge is 0.252 e. The number of piperidine rings is 1. The molecule has 1 aromatic heterocycles. The summed E-state index contributed by atoms with van der Waals surface area (Å²) in [6.07, 6.45) is 2.78. The van der Waals surface area contributed by atoms with Crippen LogP contribution in [0.15, 0.2) is 16.3 Å². The SMILES string of the molecule is CCc1ccc(S(=O)(=O)N2CCC(NC)C(CC)C2)s1. The van der Waals surface area contributed by atoms with E-state index < -0.39 is 10.0 Å². The highest BCUT2D eigenvalue weighted by Crippen LogP contribution is 2.29. The summed E-state index contributed by atoms with van der Waals surface area (Å²) in [6, 6.07) is 4.11. The average molecular weight is 316 g/mol.